The number of rotatable bonds is 14. The number of halogens is 13. The molecule has 0 bridgehead atoms. The molecular formula is C45H41BrF12N8O6S4. The summed E-state index contributed by atoms with van der Waals surface area (Å²) in [4.78, 5) is 7.10. The van der Waals surface area contributed by atoms with Crippen LogP contribution in [-0.2, 0) is 20.0 Å². The van der Waals surface area contributed by atoms with E-state index in [4.69, 9.17) is 0 Å². The highest BCUT2D eigenvalue weighted by molar-refractivity contribution is 9.10. The van der Waals surface area contributed by atoms with Crippen molar-refractivity contribution in [3.05, 3.63) is 81.6 Å². The standard InChI is InChI=1S/C23H20F6N4O3S.C22H17BrF6N4O3S.2H2S/c1-11-19-15(9-30)21(16-7-6-14(10-31-16)37(34,35)32-12(2)23(27,28)29)33(13-4-3-5-13)17(19)8-18(20(11)24)36-22(25)26;1-10(22(27,28)29)32-37(34,35)12-5-6-14(31-9-12)20-13(8-30)17-15(33(20)11-3-2-4-11)7-16(36-21(25)26)19(24)18(17)23;;/h6-8,10,12-13,22,32H,3-5H2,1-2H3;5-7,9-11,21,32H,2-4H2,1H3;2*1H2/t12-;10-;;/m00../s1. The lowest BCUT2D eigenvalue weighted by Gasteiger charge is -2.30. The largest absolute Gasteiger partial charge is 0.432 e. The second-order valence-electron chi connectivity index (χ2n) is 17.0. The molecule has 2 aliphatic carbocycles. The lowest BCUT2D eigenvalue weighted by molar-refractivity contribution is -0.147. The van der Waals surface area contributed by atoms with Crippen LogP contribution in [0.1, 0.15) is 81.1 Å². The van der Waals surface area contributed by atoms with Gasteiger partial charge in [0.2, 0.25) is 20.0 Å². The molecular weight excluding hydrogens is 1180 g/mol. The van der Waals surface area contributed by atoms with E-state index in [0.29, 0.717) is 39.5 Å². The molecule has 4 heterocycles. The smallest absolute Gasteiger partial charge is 0.404 e. The van der Waals surface area contributed by atoms with E-state index in [1.807, 2.05) is 12.1 Å². The first-order valence-electron chi connectivity index (χ1n) is 21.8. The highest BCUT2D eigenvalue weighted by Gasteiger charge is 2.41. The van der Waals surface area contributed by atoms with Crippen molar-refractivity contribution in [2.45, 2.75) is 119 Å². The Labute approximate surface area is 447 Å². The van der Waals surface area contributed by atoms with Gasteiger partial charge < -0.3 is 18.6 Å². The third-order valence-electron chi connectivity index (χ3n) is 12.3. The first kappa shape index (κ1) is 61.4. The van der Waals surface area contributed by atoms with Gasteiger partial charge in [-0.15, -0.1) is 0 Å². The van der Waals surface area contributed by atoms with E-state index >= 15 is 0 Å². The van der Waals surface area contributed by atoms with Gasteiger partial charge in [-0.25, -0.2) is 25.6 Å². The molecule has 0 amide bonds. The van der Waals surface area contributed by atoms with Gasteiger partial charge in [0.15, 0.2) is 23.1 Å². The summed E-state index contributed by atoms with van der Waals surface area (Å²) in [6.07, 6.45) is -3.56. The Morgan fingerprint density at radius 3 is 1.36 bits per heavy atom. The summed E-state index contributed by atoms with van der Waals surface area (Å²) in [5.41, 5.74) is 0.899. The fourth-order valence-electron chi connectivity index (χ4n) is 8.21. The summed E-state index contributed by atoms with van der Waals surface area (Å²) >= 11 is 3.03. The number of aromatic nitrogens is 4. The number of ether oxygens (including phenoxy) is 2. The number of pyridine rings is 2. The quantitative estimate of drug-likeness (QED) is 0.0991. The highest BCUT2D eigenvalue weighted by Crippen LogP contribution is 2.48. The number of alkyl halides is 10. The summed E-state index contributed by atoms with van der Waals surface area (Å²) in [5.74, 6) is -3.61. The number of hydrogen-bond donors (Lipinski definition) is 2. The number of nitrogens with zero attached hydrogens (tertiary/aromatic N) is 6. The first-order chi connectivity index (χ1) is 34.5. The number of fused-ring (bicyclic) bond motifs is 2. The molecule has 76 heavy (non-hydrogen) atoms. The second-order valence-corrected chi connectivity index (χ2v) is 21.2. The molecule has 0 aliphatic heterocycles. The molecule has 0 unspecified atom stereocenters. The fraction of sp³-hybridized carbons (Fsp3) is 0.378. The molecule has 0 spiro atoms. The lowest BCUT2D eigenvalue weighted by atomic mass is 9.92. The van der Waals surface area contributed by atoms with E-state index in [1.54, 1.807) is 9.13 Å². The van der Waals surface area contributed by atoms with Crippen LogP contribution in [0.15, 0.2) is 63.1 Å². The molecule has 6 aromatic rings. The van der Waals surface area contributed by atoms with Crippen LogP contribution < -0.4 is 18.9 Å². The van der Waals surface area contributed by atoms with E-state index in [0.717, 1.165) is 49.5 Å². The lowest BCUT2D eigenvalue weighted by Crippen LogP contribution is -2.42. The van der Waals surface area contributed by atoms with Crippen molar-refractivity contribution in [3.8, 4) is 46.4 Å². The Morgan fingerprint density at radius 2 is 1.04 bits per heavy atom. The van der Waals surface area contributed by atoms with E-state index in [1.165, 1.54) is 28.5 Å². The van der Waals surface area contributed by atoms with Gasteiger partial charge in [-0.1, -0.05) is 0 Å². The third-order valence-corrected chi connectivity index (χ3v) is 16.1. The zero-order valence-electron chi connectivity index (χ0n) is 39.2. The zero-order chi connectivity index (χ0) is 54.6. The number of nitrogens with one attached hydrogen (secondary N) is 2. The molecule has 0 radical (unpaired) electrons. The molecule has 31 heteroatoms. The van der Waals surface area contributed by atoms with Crippen molar-refractivity contribution < 1.29 is 79.0 Å². The van der Waals surface area contributed by atoms with Crippen LogP contribution in [0.2, 0.25) is 0 Å². The van der Waals surface area contributed by atoms with Crippen LogP contribution in [0, 0.1) is 41.2 Å². The summed E-state index contributed by atoms with van der Waals surface area (Å²) < 4.78 is 223. The van der Waals surface area contributed by atoms with Crippen molar-refractivity contribution in [2.75, 3.05) is 0 Å². The number of aryl methyl sites for hydroxylation is 1. The second kappa shape index (κ2) is 23.3. The average Bonchev–Trinajstić information content (AvgIpc) is 3.77. The van der Waals surface area contributed by atoms with E-state index in [-0.39, 0.29) is 105 Å². The van der Waals surface area contributed by atoms with Gasteiger partial charge in [-0.05, 0) is 105 Å². The van der Waals surface area contributed by atoms with Crippen LogP contribution in [0.5, 0.6) is 11.5 Å². The Kier molecular flexibility index (Phi) is 18.8. The molecule has 4 aromatic heterocycles. The van der Waals surface area contributed by atoms with Gasteiger partial charge in [0.05, 0.1) is 49.4 Å². The first-order valence-corrected chi connectivity index (χ1v) is 25.5. The maximum absolute atomic E-state index is 14.9. The summed E-state index contributed by atoms with van der Waals surface area (Å²) in [6.45, 7) is -3.95. The minimum atomic E-state index is -4.80. The van der Waals surface area contributed by atoms with Crippen LogP contribution in [0.25, 0.3) is 44.6 Å². The van der Waals surface area contributed by atoms with E-state index < -0.39 is 90.6 Å². The van der Waals surface area contributed by atoms with Crippen molar-refractivity contribution in [3.63, 3.8) is 0 Å². The van der Waals surface area contributed by atoms with Crippen LogP contribution in [0.3, 0.4) is 0 Å². The van der Waals surface area contributed by atoms with Gasteiger partial charge in [0.1, 0.15) is 34.0 Å². The van der Waals surface area contributed by atoms with Crippen LogP contribution in [-0.4, -0.2) is 73.6 Å². The van der Waals surface area contributed by atoms with Gasteiger partial charge in [-0.2, -0.15) is 90.9 Å². The monoisotopic (exact) mass is 1220 g/mol. The number of nitriles is 2. The molecule has 412 valence electrons. The summed E-state index contributed by atoms with van der Waals surface area (Å²) in [5, 5.41) is 20.2. The van der Waals surface area contributed by atoms with E-state index in [9.17, 15) is 80.0 Å². The maximum atomic E-state index is 14.9. The van der Waals surface area contributed by atoms with Crippen LogP contribution in [0.4, 0.5) is 52.7 Å². The number of sulfonamides is 2. The normalized spacial score (nSPS) is 15.2. The average molecular weight is 1230 g/mol. The molecule has 2 fully saturated rings. The molecule has 8 rings (SSSR count). The number of hydrogen-bond acceptors (Lipinski definition) is 10. The molecule has 0 saturated heterocycles. The van der Waals surface area contributed by atoms with Gasteiger partial charge >= 0.3 is 25.6 Å². The van der Waals surface area contributed by atoms with Gasteiger partial charge in [-0.3, -0.25) is 9.97 Å². The topological polar surface area (TPSA) is 194 Å². The van der Waals surface area contributed by atoms with Crippen molar-refractivity contribution in [2.24, 2.45) is 0 Å². The third kappa shape index (κ3) is 12.1. The zero-order valence-corrected chi connectivity index (χ0v) is 44.4. The molecule has 2 atom stereocenters. The Morgan fingerprint density at radius 1 is 0.671 bits per heavy atom. The summed E-state index contributed by atoms with van der Waals surface area (Å²) in [6, 6.07) is 5.56. The van der Waals surface area contributed by atoms with Crippen molar-refractivity contribution in [1.82, 2.24) is 28.5 Å². The Hall–Kier alpha value is -5.44. The van der Waals surface area contributed by atoms with Crippen molar-refractivity contribution in [1.29, 1.82) is 10.5 Å². The predicted octanol–water partition coefficient (Wildman–Crippen LogP) is 11.8. The number of benzene rings is 2. The minimum absolute atomic E-state index is 0. The molecule has 2 aliphatic rings. The van der Waals surface area contributed by atoms with E-state index in [2.05, 4.69) is 35.4 Å². The summed E-state index contributed by atoms with van der Waals surface area (Å²) in [7, 11) is -9.15. The molecule has 14 nitrogen and oxygen atoms in total. The molecule has 2 aromatic carbocycles. The minimum Gasteiger partial charge on any atom is -0.432 e. The Balaban J connectivity index is 0.000000274. The molecule has 2 N–H and O–H groups in total. The Bertz CT molecular complexity index is 3220. The van der Waals surface area contributed by atoms with Gasteiger partial charge in [0, 0.05) is 47.4 Å². The predicted molar refractivity (Wildman–Crippen MR) is 264 cm³/mol. The van der Waals surface area contributed by atoms with Crippen LogP contribution >= 0.6 is 42.9 Å². The maximum Gasteiger partial charge on any atom is 0.404 e. The van der Waals surface area contributed by atoms with Crippen molar-refractivity contribution >= 4 is 84.8 Å². The highest BCUT2D eigenvalue weighted by atomic mass is 79.9. The van der Waals surface area contributed by atoms with Gasteiger partial charge in [0.25, 0.3) is 0 Å². The SMILES string of the molecule is C[C@H](NS(=O)(=O)c1ccc(-c2c(C#N)c3c(Br)c(F)c(OC(F)F)cc3n2C2CCC2)nc1)C(F)(F)F.Cc1c(F)c(OC(F)F)cc2c1c(C#N)c(-c1ccc(S(=O)(=O)N[C@@H](C)C(F)(F)F)cn1)n2C1CCC1.S.S. The fourth-order valence-corrected chi connectivity index (χ4v) is 11.2. The molecule has 2 saturated carbocycles.